The van der Waals surface area contributed by atoms with Gasteiger partial charge in [0.1, 0.15) is 46.3 Å². The van der Waals surface area contributed by atoms with Crippen LogP contribution in [0.25, 0.3) is 10.9 Å². The Morgan fingerprint density at radius 1 is 1.11 bits per heavy atom. The Bertz CT molecular complexity index is 1530. The number of aromatic nitrogens is 4. The summed E-state index contributed by atoms with van der Waals surface area (Å²) in [4.78, 5) is 35.9. The number of pyridine rings is 1. The van der Waals surface area contributed by atoms with Crippen LogP contribution in [0.1, 0.15) is 33.7 Å². The van der Waals surface area contributed by atoms with E-state index in [0.717, 1.165) is 0 Å². The molecule has 1 saturated heterocycles. The molecule has 11 nitrogen and oxygen atoms in total. The van der Waals surface area contributed by atoms with Gasteiger partial charge >= 0.3 is 0 Å². The topological polar surface area (TPSA) is 140 Å². The van der Waals surface area contributed by atoms with Gasteiger partial charge < -0.3 is 29.8 Å². The lowest BCUT2D eigenvalue weighted by Gasteiger charge is -2.45. The number of para-hydroxylation sites is 1. The van der Waals surface area contributed by atoms with Crippen LogP contribution in [0.3, 0.4) is 0 Å². The maximum Gasteiger partial charge on any atom is 0.226 e. The van der Waals surface area contributed by atoms with Crippen LogP contribution in [-0.4, -0.2) is 64.6 Å². The molecule has 1 fully saturated rings. The lowest BCUT2D eigenvalue weighted by molar-refractivity contribution is -0.0139. The highest BCUT2D eigenvalue weighted by Crippen LogP contribution is 2.44. The van der Waals surface area contributed by atoms with E-state index in [1.54, 1.807) is 37.4 Å². The molecule has 2 aliphatic heterocycles. The molecular formula is C27H26N6O5. The number of aromatic amines is 1. The number of ether oxygens (including phenoxy) is 3. The van der Waals surface area contributed by atoms with E-state index in [0.29, 0.717) is 71.3 Å². The molecule has 0 saturated carbocycles. The van der Waals surface area contributed by atoms with Gasteiger partial charge in [-0.05, 0) is 43.4 Å². The van der Waals surface area contributed by atoms with Crippen molar-refractivity contribution in [3.05, 3.63) is 60.0 Å². The van der Waals surface area contributed by atoms with E-state index in [4.69, 9.17) is 14.2 Å². The average Bonchev–Trinajstić information content (AvgIpc) is 3.46. The van der Waals surface area contributed by atoms with Crippen molar-refractivity contribution in [2.75, 3.05) is 32.6 Å². The third-order valence-electron chi connectivity index (χ3n) is 7.19. The van der Waals surface area contributed by atoms with Gasteiger partial charge in [0.15, 0.2) is 11.6 Å². The molecule has 2 aromatic carbocycles. The fourth-order valence-corrected chi connectivity index (χ4v) is 5.36. The molecule has 4 heterocycles. The van der Waals surface area contributed by atoms with E-state index in [1.807, 2.05) is 12.1 Å². The smallest absolute Gasteiger partial charge is 0.226 e. The van der Waals surface area contributed by atoms with Crippen molar-refractivity contribution in [1.29, 1.82) is 0 Å². The first-order chi connectivity index (χ1) is 18.5. The molecule has 11 heteroatoms. The number of hydrogen-bond donors (Lipinski definition) is 3. The normalized spacial score (nSPS) is 18.1. The van der Waals surface area contributed by atoms with Crippen LogP contribution in [0.15, 0.2) is 48.8 Å². The zero-order chi connectivity index (χ0) is 26.3. The molecule has 3 N–H and O–H groups in total. The van der Waals surface area contributed by atoms with Crippen LogP contribution < -0.4 is 24.8 Å². The number of Topliss-reactive ketones (excluding diaryl/α,β-unsaturated/α-hetero) is 2. The number of hydrogen-bond acceptors (Lipinski definition) is 10. The summed E-state index contributed by atoms with van der Waals surface area (Å²) in [6.45, 7) is 1.25. The van der Waals surface area contributed by atoms with Gasteiger partial charge in [0, 0.05) is 30.0 Å². The van der Waals surface area contributed by atoms with Gasteiger partial charge in [0.25, 0.3) is 0 Å². The Morgan fingerprint density at radius 3 is 2.66 bits per heavy atom. The number of nitrogens with one attached hydrogen (secondary N) is 3. The molecule has 1 atom stereocenters. The van der Waals surface area contributed by atoms with Gasteiger partial charge in [-0.2, -0.15) is 0 Å². The summed E-state index contributed by atoms with van der Waals surface area (Å²) in [5.74, 6) is 0.0590. The summed E-state index contributed by atoms with van der Waals surface area (Å²) in [6, 6.07) is 12.3. The van der Waals surface area contributed by atoms with Crippen LogP contribution in [0, 0.1) is 5.92 Å². The molecule has 0 bridgehead atoms. The zero-order valence-electron chi connectivity index (χ0n) is 20.9. The Morgan fingerprint density at radius 2 is 1.92 bits per heavy atom. The molecule has 0 unspecified atom stereocenters. The maximum atomic E-state index is 14.2. The van der Waals surface area contributed by atoms with Crippen LogP contribution in [0.5, 0.6) is 17.2 Å². The van der Waals surface area contributed by atoms with E-state index < -0.39 is 17.3 Å². The molecule has 2 aliphatic rings. The third-order valence-corrected chi connectivity index (χ3v) is 7.19. The number of fused-ring (bicyclic) bond motifs is 2. The minimum absolute atomic E-state index is 0.123. The summed E-state index contributed by atoms with van der Waals surface area (Å²) in [6.07, 6.45) is 2.45. The van der Waals surface area contributed by atoms with Crippen molar-refractivity contribution in [3.63, 3.8) is 0 Å². The van der Waals surface area contributed by atoms with Gasteiger partial charge in [-0.15, -0.1) is 10.2 Å². The molecule has 2 aromatic heterocycles. The Labute approximate surface area is 217 Å². The Kier molecular flexibility index (Phi) is 5.91. The highest BCUT2D eigenvalue weighted by molar-refractivity contribution is 6.19. The first-order valence-corrected chi connectivity index (χ1v) is 12.3. The number of carbonyl (C=O) groups is 2. The zero-order valence-corrected chi connectivity index (χ0v) is 20.9. The predicted molar refractivity (Wildman–Crippen MR) is 139 cm³/mol. The van der Waals surface area contributed by atoms with Gasteiger partial charge in [-0.1, -0.05) is 6.07 Å². The number of H-pyrrole nitrogens is 1. The van der Waals surface area contributed by atoms with Crippen molar-refractivity contribution in [2.45, 2.75) is 18.4 Å². The number of ketones is 2. The van der Waals surface area contributed by atoms with Crippen LogP contribution >= 0.6 is 0 Å². The molecular weight excluding hydrogens is 488 g/mol. The summed E-state index contributed by atoms with van der Waals surface area (Å²) in [7, 11) is 3.08. The second-order valence-corrected chi connectivity index (χ2v) is 9.32. The van der Waals surface area contributed by atoms with E-state index in [-0.39, 0.29) is 11.5 Å². The van der Waals surface area contributed by atoms with Gasteiger partial charge in [-0.25, -0.2) is 4.98 Å². The first kappa shape index (κ1) is 23.9. The summed E-state index contributed by atoms with van der Waals surface area (Å²) >= 11 is 0. The quantitative estimate of drug-likeness (QED) is 0.259. The van der Waals surface area contributed by atoms with E-state index in [9.17, 15) is 9.59 Å². The molecule has 6 rings (SSSR count). The van der Waals surface area contributed by atoms with Gasteiger partial charge in [0.05, 0.1) is 19.8 Å². The third kappa shape index (κ3) is 3.91. The maximum absolute atomic E-state index is 14.2. The number of rotatable bonds is 6. The molecule has 0 amide bonds. The Balaban J connectivity index is 1.45. The molecule has 38 heavy (non-hydrogen) atoms. The van der Waals surface area contributed by atoms with Crippen molar-refractivity contribution >= 4 is 34.1 Å². The largest absolute Gasteiger partial charge is 0.496 e. The highest BCUT2D eigenvalue weighted by atomic mass is 16.5. The Hall–Kier alpha value is -4.51. The summed E-state index contributed by atoms with van der Waals surface area (Å²) < 4.78 is 17.6. The molecule has 0 aliphatic carbocycles. The predicted octanol–water partition coefficient (Wildman–Crippen LogP) is 3.31. The standard InChI is InChI=1S/C27H26N6O5/c1-36-20-5-3-4-16-21(37-2)13-18(32-23(16)20)25(35)22-24(34)17-12-15(31-26-29-14-30-33-26)6-7-19(17)38-27(22)8-10-28-11-9-27/h3-7,12-14,22,28H,8-11H2,1-2H3,(H2,29,30,31,33)/t22-/m1/s1. The minimum atomic E-state index is -1.08. The minimum Gasteiger partial charge on any atom is -0.496 e. The lowest BCUT2D eigenvalue weighted by atomic mass is 9.71. The van der Waals surface area contributed by atoms with Crippen LogP contribution in [-0.2, 0) is 0 Å². The van der Waals surface area contributed by atoms with Crippen LogP contribution in [0.4, 0.5) is 11.6 Å². The van der Waals surface area contributed by atoms with E-state index in [1.165, 1.54) is 13.4 Å². The fourth-order valence-electron chi connectivity index (χ4n) is 5.36. The van der Waals surface area contributed by atoms with Gasteiger partial charge in [0.2, 0.25) is 5.95 Å². The number of piperidine rings is 1. The summed E-state index contributed by atoms with van der Waals surface area (Å²) in [5.41, 5.74) is 0.553. The number of methoxy groups -OCH3 is 2. The lowest BCUT2D eigenvalue weighted by Crippen LogP contribution is -2.58. The monoisotopic (exact) mass is 514 g/mol. The van der Waals surface area contributed by atoms with E-state index >= 15 is 0 Å². The van der Waals surface area contributed by atoms with E-state index in [2.05, 4.69) is 30.8 Å². The molecule has 4 aromatic rings. The number of carbonyl (C=O) groups excluding carboxylic acids is 2. The van der Waals surface area contributed by atoms with Gasteiger partial charge in [-0.3, -0.25) is 9.59 Å². The SMILES string of the molecule is COc1cc(C(=O)[C@H]2C(=O)c3cc(Nc4nnc[nH]4)ccc3OC23CCNCC3)nc2c(OC)cccc12. The highest BCUT2D eigenvalue weighted by Gasteiger charge is 2.54. The molecule has 1 spiro atoms. The second-order valence-electron chi connectivity index (χ2n) is 9.32. The van der Waals surface area contributed by atoms with Crippen LogP contribution in [0.2, 0.25) is 0 Å². The average molecular weight is 515 g/mol. The fraction of sp³-hybridized carbons (Fsp3) is 0.296. The second kappa shape index (κ2) is 9.42. The van der Waals surface area contributed by atoms with Crippen molar-refractivity contribution in [3.8, 4) is 17.2 Å². The van der Waals surface area contributed by atoms with Crippen molar-refractivity contribution in [2.24, 2.45) is 5.92 Å². The molecule has 0 radical (unpaired) electrons. The van der Waals surface area contributed by atoms with Crippen molar-refractivity contribution < 1.29 is 23.8 Å². The number of nitrogens with zero attached hydrogens (tertiary/aromatic N) is 3. The molecule has 194 valence electrons. The first-order valence-electron chi connectivity index (χ1n) is 12.3. The number of anilines is 2. The summed E-state index contributed by atoms with van der Waals surface area (Å²) in [5, 5.41) is 14.8. The number of benzene rings is 2. The van der Waals surface area contributed by atoms with Crippen molar-refractivity contribution in [1.82, 2.24) is 25.5 Å².